The van der Waals surface area contributed by atoms with Crippen molar-refractivity contribution in [3.8, 4) is 0 Å². The molecule has 12 nitrogen and oxygen atoms in total. The van der Waals surface area contributed by atoms with Gasteiger partial charge in [-0.1, -0.05) is 5.16 Å². The molecule has 8 heterocycles. The molecule has 0 aromatic carbocycles. The number of anilines is 2. The molecule has 7 aromatic heterocycles. The molecule has 1 saturated heterocycles. The maximum atomic E-state index is 6.39. The molecule has 40 heavy (non-hydrogen) atoms. The van der Waals surface area contributed by atoms with Gasteiger partial charge in [0.2, 0.25) is 0 Å². The molecule has 7 aromatic rings. The van der Waals surface area contributed by atoms with E-state index in [-0.39, 0.29) is 0 Å². The van der Waals surface area contributed by atoms with E-state index in [0.717, 1.165) is 16.4 Å². The standard InChI is InChI=1S/C26H19N9O3S2/c1-3-18(27-7-1)26(23-29-8-9-30-23)25(17-6-15-40-33-17,19-4-2-12-36-19)21(22-28-11-16-39-22)34(20-5-13-38-32-20)35(26)24-31-10-14-37-24/h1-16,21,27H,(H,29,30). The third-order valence-corrected chi connectivity index (χ3v) is 8.67. The predicted molar refractivity (Wildman–Crippen MR) is 145 cm³/mol. The van der Waals surface area contributed by atoms with E-state index in [0.29, 0.717) is 23.4 Å². The Morgan fingerprint density at radius 2 is 1.88 bits per heavy atom. The van der Waals surface area contributed by atoms with E-state index in [1.54, 1.807) is 37.1 Å². The van der Waals surface area contributed by atoms with Crippen molar-refractivity contribution in [1.29, 1.82) is 0 Å². The van der Waals surface area contributed by atoms with Gasteiger partial charge in [-0.2, -0.15) is 4.37 Å². The highest BCUT2D eigenvalue weighted by atomic mass is 32.1. The number of aromatic amines is 2. The number of hydrogen-bond donors (Lipinski definition) is 2. The summed E-state index contributed by atoms with van der Waals surface area (Å²) < 4.78 is 22.9. The van der Waals surface area contributed by atoms with Crippen LogP contribution in [0.15, 0.2) is 110 Å². The van der Waals surface area contributed by atoms with Gasteiger partial charge in [0, 0.05) is 41.6 Å². The summed E-state index contributed by atoms with van der Waals surface area (Å²) in [5.74, 6) is 1.72. The molecule has 1 aliphatic rings. The van der Waals surface area contributed by atoms with Crippen LogP contribution in [-0.2, 0) is 11.0 Å². The first-order valence-electron chi connectivity index (χ1n) is 12.2. The van der Waals surface area contributed by atoms with Crippen molar-refractivity contribution in [1.82, 2.24) is 34.5 Å². The van der Waals surface area contributed by atoms with Gasteiger partial charge in [0.25, 0.3) is 0 Å². The molecule has 0 saturated carbocycles. The minimum atomic E-state index is -1.26. The summed E-state index contributed by atoms with van der Waals surface area (Å²) in [6.45, 7) is 0. The lowest BCUT2D eigenvalue weighted by Gasteiger charge is -2.44. The Morgan fingerprint density at radius 1 is 0.875 bits per heavy atom. The van der Waals surface area contributed by atoms with Crippen molar-refractivity contribution >= 4 is 34.7 Å². The largest absolute Gasteiger partial charge is 0.468 e. The van der Waals surface area contributed by atoms with E-state index in [9.17, 15) is 0 Å². The number of oxazole rings is 1. The number of aromatic nitrogens is 7. The molecular formula is C26H19N9O3S2. The lowest BCUT2D eigenvalue weighted by molar-refractivity contribution is 0.253. The van der Waals surface area contributed by atoms with Crippen molar-refractivity contribution in [2.24, 2.45) is 0 Å². The number of hydrogen-bond acceptors (Lipinski definition) is 12. The van der Waals surface area contributed by atoms with Crippen molar-refractivity contribution in [2.75, 3.05) is 10.0 Å². The number of furan rings is 1. The molecule has 8 rings (SSSR count). The molecule has 1 aliphatic heterocycles. The zero-order chi connectivity index (χ0) is 26.6. The second-order valence-corrected chi connectivity index (χ2v) is 10.6. The van der Waals surface area contributed by atoms with Crippen molar-refractivity contribution in [3.05, 3.63) is 125 Å². The zero-order valence-corrected chi connectivity index (χ0v) is 22.1. The highest BCUT2D eigenvalue weighted by Crippen LogP contribution is 2.67. The maximum absolute atomic E-state index is 6.39. The fraction of sp³-hybridized carbons (Fsp3) is 0.115. The van der Waals surface area contributed by atoms with Crippen LogP contribution in [0.4, 0.5) is 11.8 Å². The first kappa shape index (κ1) is 23.0. The smallest absolute Gasteiger partial charge is 0.318 e. The van der Waals surface area contributed by atoms with Crippen LogP contribution in [0.1, 0.15) is 34.0 Å². The van der Waals surface area contributed by atoms with Crippen LogP contribution in [0.25, 0.3) is 0 Å². The second kappa shape index (κ2) is 8.79. The second-order valence-electron chi connectivity index (χ2n) is 9.00. The Balaban J connectivity index is 1.64. The Hall–Kier alpha value is -4.95. The van der Waals surface area contributed by atoms with Crippen LogP contribution >= 0.6 is 22.9 Å². The van der Waals surface area contributed by atoms with E-state index in [2.05, 4.69) is 20.1 Å². The van der Waals surface area contributed by atoms with E-state index >= 15 is 0 Å². The van der Waals surface area contributed by atoms with Crippen LogP contribution in [-0.4, -0.2) is 34.5 Å². The molecule has 0 spiro atoms. The van der Waals surface area contributed by atoms with Crippen LogP contribution in [0.3, 0.4) is 0 Å². The Morgan fingerprint density at radius 3 is 2.52 bits per heavy atom. The molecule has 3 unspecified atom stereocenters. The summed E-state index contributed by atoms with van der Waals surface area (Å²) in [5.41, 5.74) is -0.893. The average molecular weight is 570 g/mol. The average Bonchev–Trinajstić information content (AvgIpc) is 3.85. The summed E-state index contributed by atoms with van der Waals surface area (Å²) in [5, 5.41) is 13.0. The number of H-pyrrole nitrogens is 2. The Bertz CT molecular complexity index is 1580. The van der Waals surface area contributed by atoms with E-state index < -0.39 is 17.0 Å². The molecule has 0 aliphatic carbocycles. The van der Waals surface area contributed by atoms with Gasteiger partial charge in [-0.05, 0) is 41.9 Å². The van der Waals surface area contributed by atoms with Gasteiger partial charge in [-0.25, -0.2) is 25.0 Å². The molecule has 14 heteroatoms. The SMILES string of the molecule is c1c[nH]c(C2(c3ncc[nH]3)N(c3ncco3)N(c3ccon3)C(c3nccs3)C2(c2ccsn2)c2ccco2)c1. The molecule has 1 fully saturated rings. The number of hydrazine groups is 1. The summed E-state index contributed by atoms with van der Waals surface area (Å²) >= 11 is 2.87. The van der Waals surface area contributed by atoms with Crippen LogP contribution in [0.5, 0.6) is 0 Å². The first-order valence-corrected chi connectivity index (χ1v) is 14.0. The number of nitrogens with zero attached hydrogens (tertiary/aromatic N) is 7. The maximum Gasteiger partial charge on any atom is 0.318 e. The van der Waals surface area contributed by atoms with Gasteiger partial charge in [0.15, 0.2) is 11.4 Å². The van der Waals surface area contributed by atoms with Gasteiger partial charge in [0.1, 0.15) is 40.6 Å². The van der Waals surface area contributed by atoms with Crippen LogP contribution in [0.2, 0.25) is 0 Å². The Kier molecular flexibility index (Phi) is 5.05. The van der Waals surface area contributed by atoms with E-state index in [4.69, 9.17) is 27.7 Å². The Labute approximate surface area is 234 Å². The van der Waals surface area contributed by atoms with E-state index in [1.807, 2.05) is 57.3 Å². The highest BCUT2D eigenvalue weighted by molar-refractivity contribution is 7.09. The summed E-state index contributed by atoms with van der Waals surface area (Å²) in [7, 11) is 0. The summed E-state index contributed by atoms with van der Waals surface area (Å²) in [4.78, 5) is 21.3. The highest BCUT2D eigenvalue weighted by Gasteiger charge is 2.77. The first-order chi connectivity index (χ1) is 19.9. The zero-order valence-electron chi connectivity index (χ0n) is 20.5. The third-order valence-electron chi connectivity index (χ3n) is 7.28. The monoisotopic (exact) mass is 569 g/mol. The van der Waals surface area contributed by atoms with Crippen molar-refractivity contribution in [2.45, 2.75) is 17.0 Å². The fourth-order valence-electron chi connectivity index (χ4n) is 6.04. The van der Waals surface area contributed by atoms with E-state index in [1.165, 1.54) is 35.4 Å². The number of nitrogens with one attached hydrogen (secondary N) is 2. The molecule has 0 radical (unpaired) electrons. The molecule has 198 valence electrons. The van der Waals surface area contributed by atoms with Gasteiger partial charge in [0.05, 0.1) is 23.8 Å². The van der Waals surface area contributed by atoms with Gasteiger partial charge >= 0.3 is 6.01 Å². The van der Waals surface area contributed by atoms with Crippen LogP contribution in [0, 0.1) is 0 Å². The number of thiazole rings is 1. The quantitative estimate of drug-likeness (QED) is 0.265. The van der Waals surface area contributed by atoms with Gasteiger partial charge < -0.3 is 23.3 Å². The van der Waals surface area contributed by atoms with Crippen molar-refractivity contribution in [3.63, 3.8) is 0 Å². The molecular weight excluding hydrogens is 550 g/mol. The molecule has 3 atom stereocenters. The fourth-order valence-corrected chi connectivity index (χ4v) is 7.40. The molecule has 0 bridgehead atoms. The predicted octanol–water partition coefficient (Wildman–Crippen LogP) is 5.13. The lowest BCUT2D eigenvalue weighted by Crippen LogP contribution is -2.58. The lowest BCUT2D eigenvalue weighted by atomic mass is 9.60. The van der Waals surface area contributed by atoms with Gasteiger partial charge in [-0.3, -0.25) is 0 Å². The minimum Gasteiger partial charge on any atom is -0.468 e. The molecule has 2 N–H and O–H groups in total. The summed E-state index contributed by atoms with van der Waals surface area (Å²) in [6.07, 6.45) is 13.5. The van der Waals surface area contributed by atoms with Crippen LogP contribution < -0.4 is 10.0 Å². The van der Waals surface area contributed by atoms with Crippen molar-refractivity contribution < 1.29 is 13.4 Å². The normalized spacial score (nSPS) is 22.9. The minimum absolute atomic E-state index is 0.291. The molecule has 0 amide bonds. The topological polar surface area (TPSA) is 142 Å². The summed E-state index contributed by atoms with van der Waals surface area (Å²) in [6, 6.07) is 11.3. The number of rotatable bonds is 7. The third kappa shape index (κ3) is 2.85. The number of imidazole rings is 1. The van der Waals surface area contributed by atoms with Gasteiger partial charge in [-0.15, -0.1) is 11.3 Å².